The Labute approximate surface area is 167 Å². The maximum absolute atomic E-state index is 13.2. The van der Waals surface area contributed by atoms with Crippen LogP contribution in [0.25, 0.3) is 5.76 Å². The first-order chi connectivity index (χ1) is 13.4. The van der Waals surface area contributed by atoms with E-state index < -0.39 is 23.5 Å². The van der Waals surface area contributed by atoms with Gasteiger partial charge in [-0.25, -0.2) is 4.39 Å². The predicted molar refractivity (Wildman–Crippen MR) is 105 cm³/mol. The summed E-state index contributed by atoms with van der Waals surface area (Å²) in [7, 11) is 0. The summed E-state index contributed by atoms with van der Waals surface area (Å²) < 4.78 is 18.7. The van der Waals surface area contributed by atoms with Crippen molar-refractivity contribution in [3.63, 3.8) is 0 Å². The number of benzene rings is 1. The van der Waals surface area contributed by atoms with Crippen molar-refractivity contribution in [2.24, 2.45) is 0 Å². The minimum atomic E-state index is -0.731. The van der Waals surface area contributed by atoms with E-state index in [2.05, 4.69) is 0 Å². The van der Waals surface area contributed by atoms with Gasteiger partial charge in [0, 0.05) is 23.6 Å². The van der Waals surface area contributed by atoms with Crippen LogP contribution < -0.4 is 0 Å². The number of hydrogen-bond acceptors (Lipinski definition) is 5. The van der Waals surface area contributed by atoms with Crippen LogP contribution in [0.5, 0.6) is 0 Å². The first-order valence-electron chi connectivity index (χ1n) is 9.09. The number of ether oxygens (including phenoxy) is 1. The minimum Gasteiger partial charge on any atom is -0.507 e. The minimum absolute atomic E-state index is 0.0313. The Morgan fingerprint density at radius 2 is 1.96 bits per heavy atom. The number of Topliss-reactive ketones (excluding diaryl/α,β-unsaturated/α-hetero) is 1. The average molecular weight is 403 g/mol. The number of nitrogens with zero attached hydrogens (tertiary/aromatic N) is 1. The summed E-state index contributed by atoms with van der Waals surface area (Å²) in [6, 6.07) is 8.18. The van der Waals surface area contributed by atoms with Gasteiger partial charge in [0.15, 0.2) is 0 Å². The molecule has 1 saturated heterocycles. The quantitative estimate of drug-likeness (QED) is 0.327. The van der Waals surface area contributed by atoms with E-state index in [0.29, 0.717) is 25.1 Å². The molecule has 7 heteroatoms. The Hall–Kier alpha value is -2.51. The van der Waals surface area contributed by atoms with Crippen molar-refractivity contribution in [3.05, 3.63) is 63.6 Å². The van der Waals surface area contributed by atoms with Gasteiger partial charge in [0.1, 0.15) is 11.6 Å². The summed E-state index contributed by atoms with van der Waals surface area (Å²) in [6.45, 7) is 4.66. The van der Waals surface area contributed by atoms with Gasteiger partial charge >= 0.3 is 0 Å². The van der Waals surface area contributed by atoms with Crippen LogP contribution >= 0.6 is 11.3 Å². The van der Waals surface area contributed by atoms with E-state index in [4.69, 9.17) is 4.74 Å². The molecule has 1 N–H and O–H groups in total. The van der Waals surface area contributed by atoms with E-state index in [1.54, 1.807) is 0 Å². The number of halogens is 1. The van der Waals surface area contributed by atoms with E-state index in [1.165, 1.54) is 40.5 Å². The van der Waals surface area contributed by atoms with Crippen molar-refractivity contribution in [2.45, 2.75) is 32.4 Å². The zero-order valence-electron chi connectivity index (χ0n) is 15.7. The topological polar surface area (TPSA) is 66.8 Å². The highest BCUT2D eigenvalue weighted by Gasteiger charge is 2.46. The largest absolute Gasteiger partial charge is 0.507 e. The summed E-state index contributed by atoms with van der Waals surface area (Å²) in [5.41, 5.74) is 0.327. The molecule has 1 aromatic carbocycles. The number of likely N-dealkylation sites (tertiary alicyclic amines) is 1. The standard InChI is InChI=1S/C21H22FNO4S/c1-13(2)27-11-4-10-23-18(16-5-3-12-28-16)17(20(25)21(23)26)19(24)14-6-8-15(22)9-7-14/h3,5-9,12-13,18,24H,4,10-11H2,1-2H3/b19-17-. The van der Waals surface area contributed by atoms with Gasteiger partial charge in [0.25, 0.3) is 11.7 Å². The summed E-state index contributed by atoms with van der Waals surface area (Å²) in [6.07, 6.45) is 0.658. The molecular weight excluding hydrogens is 381 g/mol. The molecule has 2 aromatic rings. The van der Waals surface area contributed by atoms with Gasteiger partial charge in [0.05, 0.1) is 17.7 Å². The molecule has 148 valence electrons. The highest BCUT2D eigenvalue weighted by molar-refractivity contribution is 7.10. The fraction of sp³-hybridized carbons (Fsp3) is 0.333. The monoisotopic (exact) mass is 403 g/mol. The lowest BCUT2D eigenvalue weighted by Crippen LogP contribution is -2.31. The Balaban J connectivity index is 1.96. The van der Waals surface area contributed by atoms with E-state index in [-0.39, 0.29) is 17.4 Å². The molecular formula is C21H22FNO4S. The van der Waals surface area contributed by atoms with Gasteiger partial charge in [0.2, 0.25) is 0 Å². The molecule has 0 spiro atoms. The van der Waals surface area contributed by atoms with Crippen LogP contribution in [0.15, 0.2) is 47.4 Å². The summed E-state index contributed by atoms with van der Waals surface area (Å²) in [4.78, 5) is 27.7. The normalized spacial score (nSPS) is 19.0. The summed E-state index contributed by atoms with van der Waals surface area (Å²) in [5, 5.41) is 12.6. The Morgan fingerprint density at radius 3 is 2.57 bits per heavy atom. The number of hydrogen-bond donors (Lipinski definition) is 1. The molecule has 1 aromatic heterocycles. The number of aliphatic hydroxyl groups is 1. The molecule has 3 rings (SSSR count). The van der Waals surface area contributed by atoms with Gasteiger partial charge in [-0.1, -0.05) is 6.07 Å². The number of amides is 1. The molecule has 1 unspecified atom stereocenters. The molecule has 2 heterocycles. The van der Waals surface area contributed by atoms with E-state index in [0.717, 1.165) is 4.88 Å². The van der Waals surface area contributed by atoms with Gasteiger partial charge in [-0.05, 0) is 56.0 Å². The van der Waals surface area contributed by atoms with Crippen molar-refractivity contribution in [1.82, 2.24) is 4.90 Å². The molecule has 1 amide bonds. The highest BCUT2D eigenvalue weighted by Crippen LogP contribution is 2.41. The van der Waals surface area contributed by atoms with Crippen molar-refractivity contribution in [2.75, 3.05) is 13.2 Å². The predicted octanol–water partition coefficient (Wildman–Crippen LogP) is 4.12. The smallest absolute Gasteiger partial charge is 0.295 e. The lowest BCUT2D eigenvalue weighted by Gasteiger charge is -2.24. The molecule has 0 aliphatic carbocycles. The molecule has 0 bridgehead atoms. The number of rotatable bonds is 7. The third kappa shape index (κ3) is 4.15. The van der Waals surface area contributed by atoms with E-state index in [9.17, 15) is 19.1 Å². The third-order valence-electron chi connectivity index (χ3n) is 4.46. The van der Waals surface area contributed by atoms with Crippen LogP contribution in [0.2, 0.25) is 0 Å². The molecule has 1 aliphatic rings. The van der Waals surface area contributed by atoms with Gasteiger partial charge in [-0.15, -0.1) is 11.3 Å². The molecule has 1 aliphatic heterocycles. The summed E-state index contributed by atoms with van der Waals surface area (Å²) >= 11 is 1.41. The number of carbonyl (C=O) groups excluding carboxylic acids is 2. The van der Waals surface area contributed by atoms with Crippen LogP contribution in [0.4, 0.5) is 4.39 Å². The molecule has 0 radical (unpaired) electrons. The first kappa shape index (κ1) is 20.2. The van der Waals surface area contributed by atoms with Gasteiger partial charge < -0.3 is 14.7 Å². The van der Waals surface area contributed by atoms with Gasteiger partial charge in [-0.3, -0.25) is 9.59 Å². The molecule has 28 heavy (non-hydrogen) atoms. The second kappa shape index (κ2) is 8.67. The van der Waals surface area contributed by atoms with Crippen molar-refractivity contribution in [1.29, 1.82) is 0 Å². The molecule has 1 atom stereocenters. The van der Waals surface area contributed by atoms with Crippen molar-refractivity contribution >= 4 is 28.8 Å². The fourth-order valence-corrected chi connectivity index (χ4v) is 4.02. The van der Waals surface area contributed by atoms with E-state index in [1.807, 2.05) is 31.4 Å². The number of thiophene rings is 1. The number of aliphatic hydroxyl groups excluding tert-OH is 1. The van der Waals surface area contributed by atoms with Crippen LogP contribution in [0.3, 0.4) is 0 Å². The van der Waals surface area contributed by atoms with Crippen LogP contribution in [-0.2, 0) is 14.3 Å². The fourth-order valence-electron chi connectivity index (χ4n) is 3.17. The van der Waals surface area contributed by atoms with Crippen molar-refractivity contribution in [3.8, 4) is 0 Å². The van der Waals surface area contributed by atoms with Gasteiger partial charge in [-0.2, -0.15) is 0 Å². The summed E-state index contributed by atoms with van der Waals surface area (Å²) in [5.74, 6) is -2.12. The molecule has 1 fully saturated rings. The second-order valence-corrected chi connectivity index (χ2v) is 7.77. The molecule has 0 saturated carbocycles. The SMILES string of the molecule is CC(C)OCCCN1C(=O)C(=O)/C(=C(\O)c2ccc(F)cc2)C1c1cccs1. The third-order valence-corrected chi connectivity index (χ3v) is 5.39. The Morgan fingerprint density at radius 1 is 1.25 bits per heavy atom. The number of carbonyl (C=O) groups is 2. The Bertz CT molecular complexity index is 874. The van der Waals surface area contributed by atoms with Crippen molar-refractivity contribution < 1.29 is 23.8 Å². The average Bonchev–Trinajstić information content (AvgIpc) is 3.27. The lowest BCUT2D eigenvalue weighted by atomic mass is 10.00. The van der Waals surface area contributed by atoms with Crippen LogP contribution in [-0.4, -0.2) is 41.0 Å². The zero-order chi connectivity index (χ0) is 20.3. The van der Waals surface area contributed by atoms with Crippen LogP contribution in [0, 0.1) is 5.82 Å². The second-order valence-electron chi connectivity index (χ2n) is 6.79. The zero-order valence-corrected chi connectivity index (χ0v) is 16.5. The maximum atomic E-state index is 13.2. The molecule has 5 nitrogen and oxygen atoms in total. The Kier molecular flexibility index (Phi) is 6.26. The number of ketones is 1. The first-order valence-corrected chi connectivity index (χ1v) is 9.97. The lowest BCUT2D eigenvalue weighted by molar-refractivity contribution is -0.140. The highest BCUT2D eigenvalue weighted by atomic mass is 32.1. The van der Waals surface area contributed by atoms with Crippen LogP contribution in [0.1, 0.15) is 36.8 Å². The van der Waals surface area contributed by atoms with E-state index >= 15 is 0 Å². The maximum Gasteiger partial charge on any atom is 0.295 e.